The highest BCUT2D eigenvalue weighted by atomic mass is 16.5. The molecule has 0 amide bonds. The minimum absolute atomic E-state index is 0.373. The Morgan fingerprint density at radius 2 is 1.90 bits per heavy atom. The lowest BCUT2D eigenvalue weighted by Crippen LogP contribution is -2.68. The lowest BCUT2D eigenvalue weighted by atomic mass is 9.87. The molecule has 2 unspecified atom stereocenters. The highest BCUT2D eigenvalue weighted by Crippen LogP contribution is 2.37. The molecule has 4 aliphatic rings. The molecule has 4 aromatic rings. The van der Waals surface area contributed by atoms with E-state index in [1.807, 2.05) is 30.7 Å². The molecular formula is C31H33N7O2. The van der Waals surface area contributed by atoms with Gasteiger partial charge in [-0.3, -0.25) is 4.90 Å². The van der Waals surface area contributed by atoms with Crippen molar-refractivity contribution in [3.05, 3.63) is 66.2 Å². The summed E-state index contributed by atoms with van der Waals surface area (Å²) in [6, 6.07) is 13.6. The van der Waals surface area contributed by atoms with Crippen LogP contribution in [-0.2, 0) is 6.54 Å². The van der Waals surface area contributed by atoms with Crippen LogP contribution >= 0.6 is 0 Å². The van der Waals surface area contributed by atoms with E-state index < -0.39 is 0 Å². The van der Waals surface area contributed by atoms with Gasteiger partial charge in [0.2, 0.25) is 5.88 Å². The molecule has 0 N–H and O–H groups in total. The molecule has 0 aromatic carbocycles. The fourth-order valence-corrected chi connectivity index (χ4v) is 5.75. The third-order valence-electron chi connectivity index (χ3n) is 7.99. The number of anilines is 1. The zero-order valence-electron chi connectivity index (χ0n) is 22.9. The lowest BCUT2D eigenvalue weighted by Gasteiger charge is -2.56. The summed E-state index contributed by atoms with van der Waals surface area (Å²) in [4.78, 5) is 14.4. The van der Waals surface area contributed by atoms with Crippen molar-refractivity contribution >= 4 is 11.3 Å². The van der Waals surface area contributed by atoms with Crippen molar-refractivity contribution in [2.45, 2.75) is 57.8 Å². The van der Waals surface area contributed by atoms with Crippen LogP contribution in [-0.4, -0.2) is 62.4 Å². The highest BCUT2D eigenvalue weighted by Gasteiger charge is 2.44. The molecule has 0 radical (unpaired) electrons. The summed E-state index contributed by atoms with van der Waals surface area (Å²) in [7, 11) is 0. The van der Waals surface area contributed by atoms with Gasteiger partial charge in [-0.1, -0.05) is 19.9 Å². The van der Waals surface area contributed by atoms with E-state index in [0.29, 0.717) is 36.3 Å². The Labute approximate surface area is 234 Å². The van der Waals surface area contributed by atoms with Gasteiger partial charge in [0.05, 0.1) is 30.1 Å². The zero-order chi connectivity index (χ0) is 27.2. The number of rotatable bonds is 9. The van der Waals surface area contributed by atoms with Crippen LogP contribution in [0.4, 0.5) is 5.82 Å². The van der Waals surface area contributed by atoms with Gasteiger partial charge in [0.1, 0.15) is 23.7 Å². The molecule has 9 heteroatoms. The van der Waals surface area contributed by atoms with Gasteiger partial charge in [0.15, 0.2) is 0 Å². The summed E-state index contributed by atoms with van der Waals surface area (Å²) >= 11 is 0. The summed E-state index contributed by atoms with van der Waals surface area (Å²) in [5.41, 5.74) is 4.36. The molecule has 204 valence electrons. The second-order valence-electron chi connectivity index (χ2n) is 11.6. The third-order valence-corrected chi connectivity index (χ3v) is 7.99. The first kappa shape index (κ1) is 24.9. The minimum Gasteiger partial charge on any atom is -0.492 e. The summed E-state index contributed by atoms with van der Waals surface area (Å²) in [5, 5.41) is 14.1. The first-order chi connectivity index (χ1) is 19.5. The quantitative estimate of drug-likeness (QED) is 0.305. The van der Waals surface area contributed by atoms with E-state index in [1.165, 1.54) is 12.0 Å². The zero-order valence-corrected chi connectivity index (χ0v) is 22.9. The number of nitrogens with zero attached hydrogens (tertiary/aromatic N) is 7. The maximum absolute atomic E-state index is 9.67. The molecule has 8 rings (SSSR count). The fraction of sp³-hybridized carbons (Fsp3) is 0.419. The number of hydrogen-bond acceptors (Lipinski definition) is 8. The van der Waals surface area contributed by atoms with Crippen molar-refractivity contribution in [1.29, 1.82) is 5.26 Å². The molecule has 0 spiro atoms. The van der Waals surface area contributed by atoms with E-state index in [0.717, 1.165) is 66.6 Å². The maximum atomic E-state index is 9.67. The van der Waals surface area contributed by atoms with Gasteiger partial charge >= 0.3 is 0 Å². The molecule has 3 saturated heterocycles. The van der Waals surface area contributed by atoms with E-state index in [4.69, 9.17) is 14.5 Å². The van der Waals surface area contributed by atoms with Gasteiger partial charge in [-0.2, -0.15) is 10.4 Å². The Morgan fingerprint density at radius 1 is 1.05 bits per heavy atom. The molecule has 1 aliphatic carbocycles. The van der Waals surface area contributed by atoms with Crippen LogP contribution in [0.1, 0.15) is 44.2 Å². The van der Waals surface area contributed by atoms with Crippen molar-refractivity contribution < 1.29 is 9.47 Å². The van der Waals surface area contributed by atoms with Gasteiger partial charge in [0, 0.05) is 61.3 Å². The predicted molar refractivity (Wildman–Crippen MR) is 151 cm³/mol. The molecule has 1 saturated carbocycles. The van der Waals surface area contributed by atoms with Gasteiger partial charge in [-0.05, 0) is 48.9 Å². The van der Waals surface area contributed by atoms with Crippen molar-refractivity contribution in [1.82, 2.24) is 24.5 Å². The Morgan fingerprint density at radius 3 is 2.58 bits per heavy atom. The number of piperidine rings is 1. The summed E-state index contributed by atoms with van der Waals surface area (Å²) in [5.74, 6) is 2.86. The molecule has 4 fully saturated rings. The van der Waals surface area contributed by atoms with Crippen LogP contribution in [0.25, 0.3) is 16.6 Å². The van der Waals surface area contributed by atoms with E-state index in [9.17, 15) is 5.26 Å². The summed E-state index contributed by atoms with van der Waals surface area (Å²) in [6.07, 6.45) is 11.2. The largest absolute Gasteiger partial charge is 0.492 e. The second kappa shape index (κ2) is 10.1. The van der Waals surface area contributed by atoms with Crippen molar-refractivity contribution in [3.8, 4) is 28.8 Å². The lowest BCUT2D eigenvalue weighted by molar-refractivity contribution is -0.00877. The Kier molecular flexibility index (Phi) is 6.28. The van der Waals surface area contributed by atoms with Gasteiger partial charge in [-0.15, -0.1) is 0 Å². The van der Waals surface area contributed by atoms with Gasteiger partial charge in [-0.25, -0.2) is 14.5 Å². The average Bonchev–Trinajstić information content (AvgIpc) is 3.70. The highest BCUT2D eigenvalue weighted by molar-refractivity contribution is 5.85. The molecule has 2 bridgehead atoms. The monoisotopic (exact) mass is 535 g/mol. The molecule has 3 aliphatic heterocycles. The van der Waals surface area contributed by atoms with Crippen LogP contribution in [0.2, 0.25) is 0 Å². The van der Waals surface area contributed by atoms with Gasteiger partial charge in [0.25, 0.3) is 0 Å². The Balaban J connectivity index is 1.05. The number of aromatic nitrogens is 4. The number of nitriles is 1. The summed E-state index contributed by atoms with van der Waals surface area (Å²) in [6.45, 7) is 7.69. The molecule has 9 nitrogen and oxygen atoms in total. The Bertz CT molecular complexity index is 1540. The second-order valence-corrected chi connectivity index (χ2v) is 11.6. The average molecular weight is 536 g/mol. The third kappa shape index (κ3) is 4.84. The molecular weight excluding hydrogens is 502 g/mol. The first-order valence-electron chi connectivity index (χ1n) is 14.2. The van der Waals surface area contributed by atoms with Crippen LogP contribution in [0.15, 0.2) is 55.1 Å². The summed E-state index contributed by atoms with van der Waals surface area (Å²) < 4.78 is 13.5. The minimum atomic E-state index is 0.373. The molecule has 4 aromatic heterocycles. The standard InChI is InChI=1S/C31H33N7O2/c1-20(2)19-39-27-10-28(31-23(11-32)14-35-38(31)18-27)22-4-7-29(33-13-22)36-16-24-9-25(17-36)37(24)15-21-3-8-30(34-12-21)40-26-5-6-26/h3-4,7-8,10,12-14,18,20,24-26H,5-6,9,15-17,19H2,1-2H3. The molecule has 2 atom stereocenters. The number of pyridine rings is 3. The maximum Gasteiger partial charge on any atom is 0.213 e. The Hall–Kier alpha value is -4.16. The molecule has 40 heavy (non-hydrogen) atoms. The number of hydrogen-bond donors (Lipinski definition) is 0. The predicted octanol–water partition coefficient (Wildman–Crippen LogP) is 4.70. The van der Waals surface area contributed by atoms with Gasteiger partial charge < -0.3 is 14.4 Å². The molecule has 7 heterocycles. The van der Waals surface area contributed by atoms with E-state index in [2.05, 4.69) is 58.0 Å². The van der Waals surface area contributed by atoms with Crippen LogP contribution in [0, 0.1) is 17.2 Å². The smallest absolute Gasteiger partial charge is 0.213 e. The fourth-order valence-electron chi connectivity index (χ4n) is 5.75. The van der Waals surface area contributed by atoms with Crippen LogP contribution in [0.5, 0.6) is 11.6 Å². The van der Waals surface area contributed by atoms with Crippen LogP contribution in [0.3, 0.4) is 0 Å². The first-order valence-corrected chi connectivity index (χ1v) is 14.2. The SMILES string of the molecule is CC(C)COc1cc(-c2ccc(N3CC4CC(C3)N4Cc3ccc(OC4CC4)nc3)nc2)c2c(C#N)cnn2c1. The number of piperazine rings is 1. The number of ether oxygens (including phenoxy) is 2. The van der Waals surface area contributed by atoms with Crippen molar-refractivity contribution in [3.63, 3.8) is 0 Å². The van der Waals surface area contributed by atoms with E-state index in [1.54, 1.807) is 10.7 Å². The van der Waals surface area contributed by atoms with Crippen LogP contribution < -0.4 is 14.4 Å². The van der Waals surface area contributed by atoms with Crippen molar-refractivity contribution in [2.24, 2.45) is 5.92 Å². The normalized spacial score (nSPS) is 20.4. The van der Waals surface area contributed by atoms with E-state index >= 15 is 0 Å². The number of fused-ring (bicyclic) bond motifs is 3. The van der Waals surface area contributed by atoms with E-state index in [-0.39, 0.29) is 0 Å². The van der Waals surface area contributed by atoms with Crippen molar-refractivity contribution in [2.75, 3.05) is 24.6 Å². The topological polar surface area (TPSA) is 91.8 Å².